The third-order valence-electron chi connectivity index (χ3n) is 4.13. The Balaban J connectivity index is 2.16. The molecule has 1 nitrogen and oxygen atoms in total. The van der Waals surface area contributed by atoms with Crippen molar-refractivity contribution in [2.75, 3.05) is 13.6 Å². The Kier molecular flexibility index (Phi) is 4.61. The van der Waals surface area contributed by atoms with E-state index in [1.165, 1.54) is 44.2 Å². The van der Waals surface area contributed by atoms with Gasteiger partial charge in [0.2, 0.25) is 0 Å². The van der Waals surface area contributed by atoms with Crippen molar-refractivity contribution in [3.63, 3.8) is 0 Å². The van der Waals surface area contributed by atoms with Gasteiger partial charge in [0.25, 0.3) is 0 Å². The van der Waals surface area contributed by atoms with Gasteiger partial charge in [0.1, 0.15) is 0 Å². The largest absolute Gasteiger partial charge is 0.319 e. The molecule has 1 N–H and O–H groups in total. The highest BCUT2D eigenvalue weighted by molar-refractivity contribution is 5.25. The van der Waals surface area contributed by atoms with Crippen molar-refractivity contribution < 1.29 is 0 Å². The summed E-state index contributed by atoms with van der Waals surface area (Å²) in [4.78, 5) is 0. The molecule has 2 rings (SSSR count). The first-order chi connectivity index (χ1) is 8.31. The average molecular weight is 231 g/mol. The fourth-order valence-corrected chi connectivity index (χ4v) is 3.14. The summed E-state index contributed by atoms with van der Waals surface area (Å²) in [6.45, 7) is 3.33. The van der Waals surface area contributed by atoms with E-state index in [4.69, 9.17) is 0 Å². The first-order valence-corrected chi connectivity index (χ1v) is 7.02. The van der Waals surface area contributed by atoms with Gasteiger partial charge in [0.15, 0.2) is 0 Å². The molecule has 0 bridgehead atoms. The quantitative estimate of drug-likeness (QED) is 0.778. The lowest BCUT2D eigenvalue weighted by atomic mass is 9.82. The maximum atomic E-state index is 3.38. The number of hydrogen-bond acceptors (Lipinski definition) is 1. The van der Waals surface area contributed by atoms with Crippen LogP contribution in [0.15, 0.2) is 24.3 Å². The zero-order chi connectivity index (χ0) is 12.1. The molecule has 1 heteroatoms. The summed E-state index contributed by atoms with van der Waals surface area (Å²) in [5.41, 5.74) is 2.92. The van der Waals surface area contributed by atoms with Gasteiger partial charge in [-0.1, -0.05) is 49.1 Å². The minimum Gasteiger partial charge on any atom is -0.319 e. The molecule has 0 radical (unpaired) electrons. The Hall–Kier alpha value is -0.820. The summed E-state index contributed by atoms with van der Waals surface area (Å²) in [6.07, 6.45) is 6.99. The topological polar surface area (TPSA) is 12.0 Å². The Morgan fingerprint density at radius 2 is 1.76 bits per heavy atom. The Morgan fingerprint density at radius 3 is 2.47 bits per heavy atom. The molecule has 1 aliphatic carbocycles. The summed E-state index contributed by atoms with van der Waals surface area (Å²) in [7, 11) is 2.08. The van der Waals surface area contributed by atoms with Crippen molar-refractivity contribution in [1.82, 2.24) is 5.32 Å². The van der Waals surface area contributed by atoms with Crippen LogP contribution < -0.4 is 5.32 Å². The molecule has 0 saturated heterocycles. The smallest absolute Gasteiger partial charge is 0.00177 e. The molecule has 0 amide bonds. The number of benzene rings is 1. The van der Waals surface area contributed by atoms with E-state index in [2.05, 4.69) is 43.6 Å². The number of hydrogen-bond donors (Lipinski definition) is 1. The molecule has 1 fully saturated rings. The standard InChI is InChI=1S/C16H25N/c1-13-8-10-14(11-9-13)16-7-5-3-4-6-15(16)12-17-2/h8-11,15-17H,3-7,12H2,1-2H3. The SMILES string of the molecule is CNCC1CCCCCC1c1ccc(C)cc1. The van der Waals surface area contributed by atoms with E-state index in [9.17, 15) is 0 Å². The van der Waals surface area contributed by atoms with Gasteiger partial charge >= 0.3 is 0 Å². The van der Waals surface area contributed by atoms with Gasteiger partial charge in [0.05, 0.1) is 0 Å². The van der Waals surface area contributed by atoms with Crippen molar-refractivity contribution in [3.8, 4) is 0 Å². The molecule has 0 spiro atoms. The fourth-order valence-electron chi connectivity index (χ4n) is 3.14. The first kappa shape index (κ1) is 12.6. The van der Waals surface area contributed by atoms with Gasteiger partial charge in [-0.05, 0) is 50.8 Å². The van der Waals surface area contributed by atoms with Crippen molar-refractivity contribution in [1.29, 1.82) is 0 Å². The fraction of sp³-hybridized carbons (Fsp3) is 0.625. The molecule has 2 atom stereocenters. The lowest BCUT2D eigenvalue weighted by Gasteiger charge is -2.25. The maximum Gasteiger partial charge on any atom is -0.00177 e. The zero-order valence-electron chi connectivity index (χ0n) is 11.2. The van der Waals surface area contributed by atoms with Crippen LogP contribution in [0.5, 0.6) is 0 Å². The predicted molar refractivity (Wildman–Crippen MR) is 74.4 cm³/mol. The van der Waals surface area contributed by atoms with Gasteiger partial charge in [-0.3, -0.25) is 0 Å². The van der Waals surface area contributed by atoms with Crippen LogP contribution in [0, 0.1) is 12.8 Å². The first-order valence-electron chi connectivity index (χ1n) is 7.02. The molecular weight excluding hydrogens is 206 g/mol. The molecule has 2 unspecified atom stereocenters. The molecule has 0 aromatic heterocycles. The van der Waals surface area contributed by atoms with Crippen LogP contribution in [0.4, 0.5) is 0 Å². The van der Waals surface area contributed by atoms with Crippen molar-refractivity contribution >= 4 is 0 Å². The maximum absolute atomic E-state index is 3.38. The lowest BCUT2D eigenvalue weighted by Crippen LogP contribution is -2.24. The Labute approximate surface area is 106 Å². The van der Waals surface area contributed by atoms with Crippen LogP contribution >= 0.6 is 0 Å². The highest BCUT2D eigenvalue weighted by Crippen LogP contribution is 2.36. The highest BCUT2D eigenvalue weighted by Gasteiger charge is 2.24. The summed E-state index contributed by atoms with van der Waals surface area (Å²) in [5.74, 6) is 1.59. The summed E-state index contributed by atoms with van der Waals surface area (Å²) in [6, 6.07) is 9.20. The molecule has 1 aliphatic rings. The van der Waals surface area contributed by atoms with Crippen LogP contribution in [0.3, 0.4) is 0 Å². The van der Waals surface area contributed by atoms with Crippen LogP contribution in [-0.2, 0) is 0 Å². The summed E-state index contributed by atoms with van der Waals surface area (Å²) >= 11 is 0. The molecule has 1 saturated carbocycles. The normalized spacial score (nSPS) is 25.5. The average Bonchev–Trinajstić information content (AvgIpc) is 2.56. The second kappa shape index (κ2) is 6.20. The second-order valence-electron chi connectivity index (χ2n) is 5.47. The van der Waals surface area contributed by atoms with E-state index in [1.54, 1.807) is 5.56 Å². The van der Waals surface area contributed by atoms with Crippen LogP contribution in [0.25, 0.3) is 0 Å². The van der Waals surface area contributed by atoms with E-state index < -0.39 is 0 Å². The van der Waals surface area contributed by atoms with E-state index in [1.807, 2.05) is 0 Å². The van der Waals surface area contributed by atoms with Crippen LogP contribution in [0.2, 0.25) is 0 Å². The highest BCUT2D eigenvalue weighted by atomic mass is 14.8. The molecule has 0 heterocycles. The van der Waals surface area contributed by atoms with Crippen molar-refractivity contribution in [3.05, 3.63) is 35.4 Å². The monoisotopic (exact) mass is 231 g/mol. The third kappa shape index (κ3) is 3.32. The number of nitrogens with one attached hydrogen (secondary N) is 1. The predicted octanol–water partition coefficient (Wildman–Crippen LogP) is 3.88. The van der Waals surface area contributed by atoms with Crippen LogP contribution in [0.1, 0.15) is 49.1 Å². The van der Waals surface area contributed by atoms with E-state index in [-0.39, 0.29) is 0 Å². The van der Waals surface area contributed by atoms with E-state index in [0.717, 1.165) is 11.8 Å². The van der Waals surface area contributed by atoms with Crippen LogP contribution in [-0.4, -0.2) is 13.6 Å². The number of rotatable bonds is 3. The van der Waals surface area contributed by atoms with Crippen molar-refractivity contribution in [2.24, 2.45) is 5.92 Å². The molecule has 17 heavy (non-hydrogen) atoms. The van der Waals surface area contributed by atoms with E-state index in [0.29, 0.717) is 0 Å². The summed E-state index contributed by atoms with van der Waals surface area (Å²) < 4.78 is 0. The summed E-state index contributed by atoms with van der Waals surface area (Å²) in [5, 5.41) is 3.38. The van der Waals surface area contributed by atoms with Gasteiger partial charge in [0, 0.05) is 0 Å². The zero-order valence-corrected chi connectivity index (χ0v) is 11.2. The van der Waals surface area contributed by atoms with Gasteiger partial charge < -0.3 is 5.32 Å². The Morgan fingerprint density at radius 1 is 1.06 bits per heavy atom. The van der Waals surface area contributed by atoms with Gasteiger partial charge in [-0.2, -0.15) is 0 Å². The molecule has 0 aliphatic heterocycles. The molecule has 94 valence electrons. The van der Waals surface area contributed by atoms with Gasteiger partial charge in [-0.15, -0.1) is 0 Å². The molecular formula is C16H25N. The molecule has 1 aromatic carbocycles. The molecule has 1 aromatic rings. The minimum atomic E-state index is 0.769. The second-order valence-corrected chi connectivity index (χ2v) is 5.47. The van der Waals surface area contributed by atoms with E-state index >= 15 is 0 Å². The van der Waals surface area contributed by atoms with Crippen molar-refractivity contribution in [2.45, 2.75) is 44.9 Å². The third-order valence-corrected chi connectivity index (χ3v) is 4.13. The lowest BCUT2D eigenvalue weighted by molar-refractivity contribution is 0.386. The minimum absolute atomic E-state index is 0.769. The Bertz CT molecular complexity index is 328. The number of aryl methyl sites for hydroxylation is 1. The van der Waals surface area contributed by atoms with Gasteiger partial charge in [-0.25, -0.2) is 0 Å².